The first kappa shape index (κ1) is 27.5. The summed E-state index contributed by atoms with van der Waals surface area (Å²) in [7, 11) is 0. The molecule has 5 aromatic rings. The van der Waals surface area contributed by atoms with Gasteiger partial charge in [-0.15, -0.1) is 0 Å². The zero-order chi connectivity index (χ0) is 28.3. The molecule has 202 valence electrons. The van der Waals surface area contributed by atoms with Crippen LogP contribution in [-0.2, 0) is 16.2 Å². The summed E-state index contributed by atoms with van der Waals surface area (Å²) in [5, 5.41) is 2.58. The largest absolute Gasteiger partial charge is 0.457 e. The molecular formula is C36H40BrNO. The molecule has 0 radical (unpaired) electrons. The second-order valence-corrected chi connectivity index (χ2v) is 14.7. The van der Waals surface area contributed by atoms with Gasteiger partial charge in [-0.05, 0) is 87.5 Å². The molecule has 2 nitrogen and oxygen atoms in total. The molecule has 0 bridgehead atoms. The zero-order valence-corrected chi connectivity index (χ0v) is 26.3. The van der Waals surface area contributed by atoms with Crippen LogP contribution in [0, 0.1) is 0 Å². The van der Waals surface area contributed by atoms with Crippen LogP contribution in [0.15, 0.2) is 83.3 Å². The summed E-state index contributed by atoms with van der Waals surface area (Å²) in [6.45, 7) is 20.3. The maximum absolute atomic E-state index is 6.44. The normalized spacial score (nSPS) is 12.9. The van der Waals surface area contributed by atoms with Crippen molar-refractivity contribution in [2.45, 2.75) is 78.6 Å². The molecule has 0 unspecified atom stereocenters. The molecule has 0 aliphatic carbocycles. The number of hydrogen-bond acceptors (Lipinski definition) is 1. The molecule has 0 saturated carbocycles. The van der Waals surface area contributed by atoms with Crippen molar-refractivity contribution >= 4 is 37.7 Å². The Hall–Kier alpha value is -3.04. The highest BCUT2D eigenvalue weighted by Crippen LogP contribution is 2.39. The minimum atomic E-state index is 0.0323. The first-order valence-electron chi connectivity index (χ1n) is 13.8. The van der Waals surface area contributed by atoms with E-state index in [0.717, 1.165) is 21.7 Å². The van der Waals surface area contributed by atoms with E-state index in [-0.39, 0.29) is 16.2 Å². The average molecular weight is 583 g/mol. The Labute approximate surface area is 242 Å². The predicted octanol–water partition coefficient (Wildman–Crippen LogP) is 11.2. The van der Waals surface area contributed by atoms with E-state index in [1.165, 1.54) is 38.5 Å². The fraction of sp³-hybridized carbons (Fsp3) is 0.333. The Kier molecular flexibility index (Phi) is 6.74. The van der Waals surface area contributed by atoms with Gasteiger partial charge in [-0.2, -0.15) is 0 Å². The van der Waals surface area contributed by atoms with Gasteiger partial charge in [0.15, 0.2) is 0 Å². The maximum atomic E-state index is 6.44. The lowest BCUT2D eigenvalue weighted by Gasteiger charge is -2.20. The Morgan fingerprint density at radius 2 is 1.08 bits per heavy atom. The monoisotopic (exact) mass is 581 g/mol. The van der Waals surface area contributed by atoms with E-state index in [2.05, 4.69) is 150 Å². The molecule has 1 heterocycles. The lowest BCUT2D eigenvalue weighted by molar-refractivity contribution is 0.478. The average Bonchev–Trinajstić information content (AvgIpc) is 3.15. The molecule has 3 heteroatoms. The van der Waals surface area contributed by atoms with Gasteiger partial charge >= 0.3 is 0 Å². The summed E-state index contributed by atoms with van der Waals surface area (Å²) in [5.41, 5.74) is 7.61. The maximum Gasteiger partial charge on any atom is 0.129 e. The number of rotatable bonds is 3. The number of halogens is 1. The Bertz CT molecular complexity index is 1620. The number of benzene rings is 4. The van der Waals surface area contributed by atoms with Crippen molar-refractivity contribution in [1.82, 2.24) is 4.57 Å². The topological polar surface area (TPSA) is 14.2 Å². The van der Waals surface area contributed by atoms with E-state index in [4.69, 9.17) is 4.74 Å². The highest BCUT2D eigenvalue weighted by Gasteiger charge is 2.21. The summed E-state index contributed by atoms with van der Waals surface area (Å²) in [4.78, 5) is 0. The van der Waals surface area contributed by atoms with Gasteiger partial charge in [-0.3, -0.25) is 0 Å². The predicted molar refractivity (Wildman–Crippen MR) is 171 cm³/mol. The van der Waals surface area contributed by atoms with Crippen molar-refractivity contribution in [3.05, 3.63) is 100 Å². The lowest BCUT2D eigenvalue weighted by Crippen LogP contribution is -2.11. The minimum absolute atomic E-state index is 0.0323. The number of ether oxygens (including phenoxy) is 1. The molecule has 5 rings (SSSR count). The second-order valence-electron chi connectivity index (χ2n) is 13.8. The van der Waals surface area contributed by atoms with E-state index in [0.29, 0.717) is 0 Å². The van der Waals surface area contributed by atoms with Crippen LogP contribution in [0.4, 0.5) is 0 Å². The summed E-state index contributed by atoms with van der Waals surface area (Å²) in [6.07, 6.45) is 0. The van der Waals surface area contributed by atoms with Gasteiger partial charge in [0.1, 0.15) is 11.5 Å². The number of hydrogen-bond donors (Lipinski definition) is 0. The van der Waals surface area contributed by atoms with Crippen molar-refractivity contribution < 1.29 is 4.74 Å². The molecule has 4 aromatic carbocycles. The minimum Gasteiger partial charge on any atom is -0.457 e. The van der Waals surface area contributed by atoms with Gasteiger partial charge in [0, 0.05) is 27.0 Å². The van der Waals surface area contributed by atoms with Gasteiger partial charge in [-0.1, -0.05) is 96.4 Å². The number of aromatic nitrogens is 1. The summed E-state index contributed by atoms with van der Waals surface area (Å²) < 4.78 is 9.84. The van der Waals surface area contributed by atoms with Crippen LogP contribution in [-0.4, -0.2) is 4.57 Å². The van der Waals surface area contributed by atoms with E-state index >= 15 is 0 Å². The van der Waals surface area contributed by atoms with E-state index in [1.807, 2.05) is 12.1 Å². The molecule has 0 atom stereocenters. The van der Waals surface area contributed by atoms with Crippen molar-refractivity contribution in [2.24, 2.45) is 0 Å². The van der Waals surface area contributed by atoms with Crippen molar-refractivity contribution in [1.29, 1.82) is 0 Å². The summed E-state index contributed by atoms with van der Waals surface area (Å²) >= 11 is 3.67. The van der Waals surface area contributed by atoms with Gasteiger partial charge in [0.2, 0.25) is 0 Å². The number of fused-ring (bicyclic) bond motifs is 3. The summed E-state index contributed by atoms with van der Waals surface area (Å²) in [6, 6.07) is 28.7. The van der Waals surface area contributed by atoms with Crippen LogP contribution in [0.2, 0.25) is 0 Å². The van der Waals surface area contributed by atoms with Gasteiger partial charge in [-0.25, -0.2) is 0 Å². The smallest absolute Gasteiger partial charge is 0.129 e. The van der Waals surface area contributed by atoms with Gasteiger partial charge in [0.05, 0.1) is 11.0 Å². The third-order valence-corrected chi connectivity index (χ3v) is 8.00. The summed E-state index contributed by atoms with van der Waals surface area (Å²) in [5.74, 6) is 1.65. The van der Waals surface area contributed by atoms with Crippen molar-refractivity contribution in [3.8, 4) is 17.2 Å². The molecular weight excluding hydrogens is 542 g/mol. The lowest BCUT2D eigenvalue weighted by atomic mass is 9.85. The van der Waals surface area contributed by atoms with E-state index < -0.39 is 0 Å². The SMILES string of the molecule is CC(C)(C)c1cc(Br)cc(Oc2cccc(-n3c4ccc(C(C)(C)C)cc4c4cc(C(C)(C)C)ccc43)c2)c1. The standard InChI is InChI=1S/C36H40BrNO/c1-34(2,3)23-13-15-32-30(19-23)31-20-24(35(4,5)6)14-16-33(31)38(32)27-11-10-12-28(22-27)39-29-18-25(36(7,8)9)17-26(37)21-29/h10-22H,1-9H3. The van der Waals surface area contributed by atoms with Crippen LogP contribution in [0.1, 0.15) is 79.0 Å². The molecule has 0 N–H and O–H groups in total. The molecule has 1 aromatic heterocycles. The van der Waals surface area contributed by atoms with Crippen molar-refractivity contribution in [2.75, 3.05) is 0 Å². The van der Waals surface area contributed by atoms with Crippen LogP contribution in [0.25, 0.3) is 27.5 Å². The van der Waals surface area contributed by atoms with Crippen LogP contribution in [0.3, 0.4) is 0 Å². The van der Waals surface area contributed by atoms with E-state index in [1.54, 1.807) is 0 Å². The fourth-order valence-corrected chi connectivity index (χ4v) is 5.58. The molecule has 0 saturated heterocycles. The third kappa shape index (κ3) is 5.52. The molecule has 0 amide bonds. The second kappa shape index (κ2) is 9.55. The highest BCUT2D eigenvalue weighted by molar-refractivity contribution is 9.10. The Morgan fingerprint density at radius 3 is 1.59 bits per heavy atom. The van der Waals surface area contributed by atoms with Crippen LogP contribution < -0.4 is 4.74 Å². The zero-order valence-electron chi connectivity index (χ0n) is 24.7. The first-order valence-corrected chi connectivity index (χ1v) is 14.6. The highest BCUT2D eigenvalue weighted by atomic mass is 79.9. The van der Waals surface area contributed by atoms with Crippen molar-refractivity contribution in [3.63, 3.8) is 0 Å². The molecule has 39 heavy (non-hydrogen) atoms. The molecule has 0 spiro atoms. The molecule has 0 aliphatic rings. The third-order valence-electron chi connectivity index (χ3n) is 7.55. The van der Waals surface area contributed by atoms with Crippen LogP contribution >= 0.6 is 15.9 Å². The molecule has 0 fully saturated rings. The molecule has 0 aliphatic heterocycles. The van der Waals surface area contributed by atoms with Crippen LogP contribution in [0.5, 0.6) is 11.5 Å². The first-order chi connectivity index (χ1) is 18.1. The van der Waals surface area contributed by atoms with Gasteiger partial charge < -0.3 is 9.30 Å². The van der Waals surface area contributed by atoms with E-state index in [9.17, 15) is 0 Å². The Balaban J connectivity index is 1.67. The number of nitrogens with zero attached hydrogens (tertiary/aromatic N) is 1. The quantitative estimate of drug-likeness (QED) is 0.206. The van der Waals surface area contributed by atoms with Gasteiger partial charge in [0.25, 0.3) is 0 Å². The fourth-order valence-electron chi connectivity index (χ4n) is 5.11. The Morgan fingerprint density at radius 1 is 0.538 bits per heavy atom.